The standard InChI is InChI=1S/C23H43N3O11/c27-5-18(6-28)11-35-15-23(16-36-12-19(7-29)8-30,17-37-13-20(9-31)10-32)14-26-4-21(24-25-26)2-1-3-22(33)34/h4,18-20,27-32H,1-3,5-17H2,(H,33,34). The van der Waals surface area contributed by atoms with Crippen molar-refractivity contribution in [3.05, 3.63) is 11.9 Å². The molecule has 0 spiro atoms. The van der Waals surface area contributed by atoms with Crippen LogP contribution in [-0.4, -0.2) is 136 Å². The molecule has 37 heavy (non-hydrogen) atoms. The number of aliphatic hydroxyl groups is 6. The Morgan fingerprint density at radius 2 is 1.24 bits per heavy atom. The Morgan fingerprint density at radius 3 is 1.62 bits per heavy atom. The summed E-state index contributed by atoms with van der Waals surface area (Å²) >= 11 is 0. The molecule has 0 fully saturated rings. The molecule has 0 aliphatic rings. The number of aliphatic carboxylic acids is 1. The summed E-state index contributed by atoms with van der Waals surface area (Å²) in [5.41, 5.74) is -0.272. The van der Waals surface area contributed by atoms with Crippen LogP contribution in [0.2, 0.25) is 0 Å². The van der Waals surface area contributed by atoms with Gasteiger partial charge in [-0.25, -0.2) is 0 Å². The molecule has 0 radical (unpaired) electrons. The van der Waals surface area contributed by atoms with Gasteiger partial charge in [0.15, 0.2) is 0 Å². The highest BCUT2D eigenvalue weighted by Crippen LogP contribution is 2.24. The zero-order valence-electron chi connectivity index (χ0n) is 21.2. The molecule has 0 aliphatic carbocycles. The summed E-state index contributed by atoms with van der Waals surface area (Å²) in [6, 6.07) is 0. The lowest BCUT2D eigenvalue weighted by Gasteiger charge is -2.34. The van der Waals surface area contributed by atoms with Crippen LogP contribution in [-0.2, 0) is 32.0 Å². The van der Waals surface area contributed by atoms with Crippen LogP contribution >= 0.6 is 0 Å². The van der Waals surface area contributed by atoms with Crippen LogP contribution in [0.25, 0.3) is 0 Å². The highest BCUT2D eigenvalue weighted by Gasteiger charge is 2.34. The molecule has 0 saturated carbocycles. The summed E-state index contributed by atoms with van der Waals surface area (Å²) < 4.78 is 19.1. The fraction of sp³-hybridized carbons (Fsp3) is 0.870. The quantitative estimate of drug-likeness (QED) is 0.0728. The molecule has 0 aromatic carbocycles. The zero-order chi connectivity index (χ0) is 27.5. The second-order valence-electron chi connectivity index (χ2n) is 9.39. The van der Waals surface area contributed by atoms with E-state index in [0.717, 1.165) is 0 Å². The van der Waals surface area contributed by atoms with E-state index < -0.39 is 29.1 Å². The molecule has 0 atom stereocenters. The molecular weight excluding hydrogens is 494 g/mol. The van der Waals surface area contributed by atoms with Crippen LogP contribution in [0.1, 0.15) is 18.5 Å². The number of carbonyl (C=O) groups is 1. The lowest BCUT2D eigenvalue weighted by molar-refractivity contribution is -0.137. The first-order valence-corrected chi connectivity index (χ1v) is 12.3. The van der Waals surface area contributed by atoms with E-state index in [1.807, 2.05) is 0 Å². The van der Waals surface area contributed by atoms with Gasteiger partial charge in [0, 0.05) is 30.4 Å². The summed E-state index contributed by atoms with van der Waals surface area (Å²) in [4.78, 5) is 10.8. The van der Waals surface area contributed by atoms with Crippen LogP contribution in [0.3, 0.4) is 0 Å². The van der Waals surface area contributed by atoms with E-state index in [-0.39, 0.29) is 92.2 Å². The fourth-order valence-corrected chi connectivity index (χ4v) is 3.37. The molecule has 14 nitrogen and oxygen atoms in total. The van der Waals surface area contributed by atoms with Crippen molar-refractivity contribution in [2.75, 3.05) is 79.3 Å². The molecule has 216 valence electrons. The number of aliphatic hydroxyl groups excluding tert-OH is 6. The maximum absolute atomic E-state index is 10.8. The minimum atomic E-state index is -0.893. The first-order chi connectivity index (χ1) is 17.8. The van der Waals surface area contributed by atoms with Gasteiger partial charge in [-0.05, 0) is 12.8 Å². The average Bonchev–Trinajstić information content (AvgIpc) is 3.33. The maximum Gasteiger partial charge on any atom is 0.303 e. The topological polar surface area (TPSA) is 217 Å². The Kier molecular flexibility index (Phi) is 17.4. The SMILES string of the molecule is O=C(O)CCCc1cn(CC(COCC(CO)CO)(COCC(CO)CO)COCC(CO)CO)nn1. The van der Waals surface area contributed by atoms with Gasteiger partial charge in [-0.1, -0.05) is 5.21 Å². The first-order valence-electron chi connectivity index (χ1n) is 12.3. The third-order valence-electron chi connectivity index (χ3n) is 5.74. The van der Waals surface area contributed by atoms with Gasteiger partial charge < -0.3 is 50.0 Å². The van der Waals surface area contributed by atoms with Crippen LogP contribution in [0.15, 0.2) is 6.20 Å². The maximum atomic E-state index is 10.8. The summed E-state index contributed by atoms with van der Waals surface area (Å²) in [6.07, 6.45) is 2.54. The minimum absolute atomic E-state index is 0.0109. The van der Waals surface area contributed by atoms with E-state index >= 15 is 0 Å². The third kappa shape index (κ3) is 13.6. The Labute approximate surface area is 216 Å². The lowest BCUT2D eigenvalue weighted by Crippen LogP contribution is -2.43. The molecule has 14 heteroatoms. The predicted octanol–water partition coefficient (Wildman–Crippen LogP) is -2.48. The molecule has 0 saturated heterocycles. The molecule has 1 aromatic heterocycles. The van der Waals surface area contributed by atoms with Crippen molar-refractivity contribution in [2.45, 2.75) is 25.8 Å². The largest absolute Gasteiger partial charge is 0.481 e. The minimum Gasteiger partial charge on any atom is -0.481 e. The lowest BCUT2D eigenvalue weighted by atomic mass is 9.90. The molecular formula is C23H43N3O11. The van der Waals surface area contributed by atoms with Gasteiger partial charge in [-0.2, -0.15) is 0 Å². The molecule has 1 rings (SSSR count). The molecule has 7 N–H and O–H groups in total. The monoisotopic (exact) mass is 537 g/mol. The van der Waals surface area contributed by atoms with Crippen molar-refractivity contribution < 1.29 is 54.8 Å². The zero-order valence-corrected chi connectivity index (χ0v) is 21.2. The molecule has 0 unspecified atom stereocenters. The van der Waals surface area contributed by atoms with Crippen molar-refractivity contribution in [3.63, 3.8) is 0 Å². The second kappa shape index (κ2) is 19.3. The number of ether oxygens (including phenoxy) is 3. The summed E-state index contributed by atoms with van der Waals surface area (Å²) in [7, 11) is 0. The number of carboxylic acids is 1. The van der Waals surface area contributed by atoms with E-state index in [1.165, 1.54) is 0 Å². The van der Waals surface area contributed by atoms with Gasteiger partial charge in [-0.3, -0.25) is 9.48 Å². The number of hydrogen-bond acceptors (Lipinski definition) is 12. The van der Waals surface area contributed by atoms with E-state index in [9.17, 15) is 35.4 Å². The van der Waals surface area contributed by atoms with Gasteiger partial charge in [0.1, 0.15) is 0 Å². The molecule has 1 heterocycles. The van der Waals surface area contributed by atoms with E-state index in [0.29, 0.717) is 18.5 Å². The molecule has 1 aromatic rings. The third-order valence-corrected chi connectivity index (χ3v) is 5.74. The molecule has 0 amide bonds. The highest BCUT2D eigenvalue weighted by atomic mass is 16.5. The average molecular weight is 538 g/mol. The van der Waals surface area contributed by atoms with Gasteiger partial charge >= 0.3 is 5.97 Å². The van der Waals surface area contributed by atoms with E-state index in [1.54, 1.807) is 10.9 Å². The van der Waals surface area contributed by atoms with Crippen molar-refractivity contribution in [1.82, 2.24) is 15.0 Å². The second-order valence-corrected chi connectivity index (χ2v) is 9.39. The van der Waals surface area contributed by atoms with Gasteiger partial charge in [0.05, 0.1) is 96.9 Å². The van der Waals surface area contributed by atoms with Gasteiger partial charge in [0.2, 0.25) is 0 Å². The number of aryl methyl sites for hydroxylation is 1. The predicted molar refractivity (Wildman–Crippen MR) is 128 cm³/mol. The van der Waals surface area contributed by atoms with E-state index in [4.69, 9.17) is 19.3 Å². The summed E-state index contributed by atoms with van der Waals surface area (Å²) in [5.74, 6) is -2.33. The normalized spacial score (nSPS) is 12.4. The van der Waals surface area contributed by atoms with Crippen LogP contribution < -0.4 is 0 Å². The first kappa shape index (κ1) is 33.3. The fourth-order valence-electron chi connectivity index (χ4n) is 3.37. The Bertz CT molecular complexity index is 664. The van der Waals surface area contributed by atoms with Crippen LogP contribution in [0, 0.1) is 23.2 Å². The smallest absolute Gasteiger partial charge is 0.303 e. The van der Waals surface area contributed by atoms with Crippen LogP contribution in [0.5, 0.6) is 0 Å². The van der Waals surface area contributed by atoms with Crippen molar-refractivity contribution in [3.8, 4) is 0 Å². The highest BCUT2D eigenvalue weighted by molar-refractivity contribution is 5.66. The van der Waals surface area contributed by atoms with Crippen molar-refractivity contribution >= 4 is 5.97 Å². The van der Waals surface area contributed by atoms with Gasteiger partial charge in [0.25, 0.3) is 0 Å². The summed E-state index contributed by atoms with van der Waals surface area (Å²) in [5, 5.41) is 73.3. The Morgan fingerprint density at radius 1 is 0.811 bits per heavy atom. The summed E-state index contributed by atoms with van der Waals surface area (Å²) in [6.45, 7) is -0.985. The van der Waals surface area contributed by atoms with Crippen molar-refractivity contribution in [2.24, 2.45) is 23.2 Å². The number of rotatable bonds is 24. The molecule has 0 bridgehead atoms. The Balaban J connectivity index is 3.06. The number of nitrogens with zero attached hydrogens (tertiary/aromatic N) is 3. The number of aromatic nitrogens is 3. The Hall–Kier alpha value is -1.75. The number of hydrogen-bond donors (Lipinski definition) is 7. The number of carboxylic acid groups (broad SMARTS) is 1. The van der Waals surface area contributed by atoms with Crippen LogP contribution in [0.4, 0.5) is 0 Å². The van der Waals surface area contributed by atoms with Crippen molar-refractivity contribution in [1.29, 1.82) is 0 Å². The molecule has 0 aliphatic heterocycles. The van der Waals surface area contributed by atoms with Gasteiger partial charge in [-0.15, -0.1) is 5.10 Å². The van der Waals surface area contributed by atoms with E-state index in [2.05, 4.69) is 10.3 Å².